The number of benzene rings is 2. The first-order valence-electron chi connectivity index (χ1n) is 14.7. The minimum atomic E-state index is -0.938. The molecule has 2 aromatic rings. The van der Waals surface area contributed by atoms with E-state index >= 15 is 0 Å². The third-order valence-corrected chi connectivity index (χ3v) is 8.07. The fourth-order valence-corrected chi connectivity index (χ4v) is 5.46. The Kier molecular flexibility index (Phi) is 14.2. The number of anilines is 1. The van der Waals surface area contributed by atoms with Crippen molar-refractivity contribution >= 4 is 47.0 Å². The van der Waals surface area contributed by atoms with Crippen LogP contribution >= 0.6 is 23.4 Å². The molecule has 2 atom stereocenters. The normalized spacial score (nSPS) is 12.8. The molecule has 42 heavy (non-hydrogen) atoms. The number of para-hydroxylation sites is 1. The number of halogens is 1. The second-order valence-electron chi connectivity index (χ2n) is 11.7. The number of unbranched alkanes of at least 4 members (excludes halogenated alkanes) is 3. The number of aryl methyl sites for hydroxylation is 2. The van der Waals surface area contributed by atoms with Crippen molar-refractivity contribution in [3.8, 4) is 0 Å². The lowest BCUT2D eigenvalue weighted by atomic mass is 9.94. The van der Waals surface area contributed by atoms with Gasteiger partial charge in [-0.25, -0.2) is 4.79 Å². The lowest BCUT2D eigenvalue weighted by molar-refractivity contribution is -0.141. The van der Waals surface area contributed by atoms with E-state index in [4.69, 9.17) is 16.3 Å². The highest BCUT2D eigenvalue weighted by molar-refractivity contribution is 7.98. The van der Waals surface area contributed by atoms with E-state index in [0.29, 0.717) is 29.4 Å². The van der Waals surface area contributed by atoms with Crippen LogP contribution in [-0.4, -0.2) is 53.0 Å². The summed E-state index contributed by atoms with van der Waals surface area (Å²) in [6.45, 7) is 13.7. The Labute approximate surface area is 261 Å². The predicted molar refractivity (Wildman–Crippen MR) is 175 cm³/mol. The van der Waals surface area contributed by atoms with Crippen molar-refractivity contribution in [2.45, 2.75) is 98.3 Å². The number of nitrogens with zero attached hydrogens (tertiary/aromatic N) is 1. The predicted octanol–water partition coefficient (Wildman–Crippen LogP) is 8.00. The molecule has 7 nitrogen and oxygen atoms in total. The molecule has 2 unspecified atom stereocenters. The molecular formula is C33H48ClN3O4S. The third kappa shape index (κ3) is 10.5. The summed E-state index contributed by atoms with van der Waals surface area (Å²) in [4.78, 5) is 43.2. The summed E-state index contributed by atoms with van der Waals surface area (Å²) < 4.78 is 5.50. The maximum Gasteiger partial charge on any atom is 0.408 e. The largest absolute Gasteiger partial charge is 0.444 e. The standard InChI is InChI=1S/C33H48ClN3O4S/c1-9-10-11-12-20-37(31(39)27(19-21-42-8)35-32(40)41-33(5,6)7)29(25-17-13-15-22(2)24(25)4)30(38)36-28-23(3)16-14-18-26(28)34/h13-18,27,29H,9-12,19-21H2,1-8H3,(H,35,40)(H,36,38). The zero-order valence-electron chi connectivity index (χ0n) is 26.4. The first-order chi connectivity index (χ1) is 19.8. The van der Waals surface area contributed by atoms with Gasteiger partial charge in [0, 0.05) is 6.54 Å². The summed E-state index contributed by atoms with van der Waals surface area (Å²) in [5.74, 6) is -0.0253. The van der Waals surface area contributed by atoms with Crippen LogP contribution < -0.4 is 10.6 Å². The molecule has 0 aliphatic carbocycles. The van der Waals surface area contributed by atoms with E-state index in [-0.39, 0.29) is 11.8 Å². The molecule has 2 aromatic carbocycles. The second kappa shape index (κ2) is 16.8. The van der Waals surface area contributed by atoms with Crippen LogP contribution in [0.2, 0.25) is 5.02 Å². The van der Waals surface area contributed by atoms with E-state index in [1.165, 1.54) is 0 Å². The molecule has 0 saturated carbocycles. The molecule has 0 radical (unpaired) electrons. The molecule has 0 aromatic heterocycles. The summed E-state index contributed by atoms with van der Waals surface area (Å²) >= 11 is 8.09. The molecule has 0 heterocycles. The van der Waals surface area contributed by atoms with Crippen molar-refractivity contribution in [3.05, 3.63) is 63.7 Å². The van der Waals surface area contributed by atoms with Gasteiger partial charge in [-0.2, -0.15) is 11.8 Å². The highest BCUT2D eigenvalue weighted by Crippen LogP contribution is 2.32. The van der Waals surface area contributed by atoms with Crippen LogP contribution in [0.25, 0.3) is 0 Å². The maximum absolute atomic E-state index is 14.5. The molecule has 9 heteroatoms. The minimum Gasteiger partial charge on any atom is -0.444 e. The van der Waals surface area contributed by atoms with E-state index in [1.54, 1.807) is 43.5 Å². The second-order valence-corrected chi connectivity index (χ2v) is 13.1. The quantitative estimate of drug-likeness (QED) is 0.210. The van der Waals surface area contributed by atoms with Crippen molar-refractivity contribution in [1.82, 2.24) is 10.2 Å². The molecule has 0 fully saturated rings. The highest BCUT2D eigenvalue weighted by atomic mass is 35.5. The zero-order valence-corrected chi connectivity index (χ0v) is 28.0. The van der Waals surface area contributed by atoms with Crippen LogP contribution in [0.4, 0.5) is 10.5 Å². The van der Waals surface area contributed by atoms with Crippen molar-refractivity contribution in [2.75, 3.05) is 23.9 Å². The molecule has 0 saturated heterocycles. The molecule has 0 aliphatic heterocycles. The number of hydrogen-bond donors (Lipinski definition) is 2. The van der Waals surface area contributed by atoms with Crippen LogP contribution in [0.15, 0.2) is 36.4 Å². The number of thioether (sulfide) groups is 1. The Morgan fingerprint density at radius 3 is 2.29 bits per heavy atom. The van der Waals surface area contributed by atoms with Crippen LogP contribution in [0, 0.1) is 20.8 Å². The van der Waals surface area contributed by atoms with Gasteiger partial charge in [0.05, 0.1) is 10.7 Å². The van der Waals surface area contributed by atoms with Gasteiger partial charge in [0.15, 0.2) is 0 Å². The molecule has 232 valence electrons. The first kappa shape index (κ1) is 35.5. The number of hydrogen-bond acceptors (Lipinski definition) is 5. The number of ether oxygens (including phenoxy) is 1. The monoisotopic (exact) mass is 617 g/mol. The molecule has 2 N–H and O–H groups in total. The van der Waals surface area contributed by atoms with Gasteiger partial charge in [-0.1, -0.05) is 68.1 Å². The molecular weight excluding hydrogens is 570 g/mol. The zero-order chi connectivity index (χ0) is 31.4. The van der Waals surface area contributed by atoms with Gasteiger partial charge < -0.3 is 20.3 Å². The number of amides is 3. The van der Waals surface area contributed by atoms with Gasteiger partial charge in [-0.15, -0.1) is 0 Å². The molecule has 0 spiro atoms. The Hall–Kier alpha value is -2.71. The number of carbonyl (C=O) groups is 3. The van der Waals surface area contributed by atoms with Crippen molar-refractivity contribution in [1.29, 1.82) is 0 Å². The van der Waals surface area contributed by atoms with E-state index < -0.39 is 23.8 Å². The van der Waals surface area contributed by atoms with Gasteiger partial charge >= 0.3 is 6.09 Å². The lowest BCUT2D eigenvalue weighted by Gasteiger charge is -2.35. The van der Waals surface area contributed by atoms with Gasteiger partial charge in [0.25, 0.3) is 5.91 Å². The average Bonchev–Trinajstić information content (AvgIpc) is 2.91. The summed E-state index contributed by atoms with van der Waals surface area (Å²) in [6, 6.07) is 9.44. The number of nitrogens with one attached hydrogen (secondary N) is 2. The van der Waals surface area contributed by atoms with Gasteiger partial charge in [-0.3, -0.25) is 9.59 Å². The van der Waals surface area contributed by atoms with Crippen LogP contribution in [0.1, 0.15) is 88.1 Å². The first-order valence-corrected chi connectivity index (χ1v) is 16.5. The smallest absolute Gasteiger partial charge is 0.408 e. The van der Waals surface area contributed by atoms with Crippen molar-refractivity contribution < 1.29 is 19.1 Å². The Morgan fingerprint density at radius 2 is 1.67 bits per heavy atom. The van der Waals surface area contributed by atoms with E-state index in [2.05, 4.69) is 17.6 Å². The van der Waals surface area contributed by atoms with Crippen LogP contribution in [-0.2, 0) is 14.3 Å². The summed E-state index contributed by atoms with van der Waals surface area (Å²) in [7, 11) is 0. The van der Waals surface area contributed by atoms with Gasteiger partial charge in [0.2, 0.25) is 5.91 Å². The molecule has 2 rings (SSSR count). The van der Waals surface area contributed by atoms with E-state index in [0.717, 1.165) is 47.9 Å². The third-order valence-electron chi connectivity index (χ3n) is 7.11. The molecule has 3 amide bonds. The maximum atomic E-state index is 14.5. The topological polar surface area (TPSA) is 87.7 Å². The van der Waals surface area contributed by atoms with Gasteiger partial charge in [0.1, 0.15) is 17.7 Å². The highest BCUT2D eigenvalue weighted by Gasteiger charge is 2.37. The van der Waals surface area contributed by atoms with Gasteiger partial charge in [-0.05, 0) is 94.7 Å². The Balaban J connectivity index is 2.63. The van der Waals surface area contributed by atoms with Crippen LogP contribution in [0.5, 0.6) is 0 Å². The lowest BCUT2D eigenvalue weighted by Crippen LogP contribution is -2.53. The Bertz CT molecular complexity index is 1190. The van der Waals surface area contributed by atoms with Crippen LogP contribution in [0.3, 0.4) is 0 Å². The number of carbonyl (C=O) groups excluding carboxylic acids is 3. The summed E-state index contributed by atoms with van der Waals surface area (Å²) in [5.41, 5.74) is 3.31. The number of rotatable bonds is 14. The minimum absolute atomic E-state index is 0.316. The van der Waals surface area contributed by atoms with Crippen molar-refractivity contribution in [3.63, 3.8) is 0 Å². The van der Waals surface area contributed by atoms with E-state index in [1.807, 2.05) is 57.4 Å². The Morgan fingerprint density at radius 1 is 1.00 bits per heavy atom. The van der Waals surface area contributed by atoms with E-state index in [9.17, 15) is 14.4 Å². The fraction of sp³-hybridized carbons (Fsp3) is 0.545. The molecule has 0 aliphatic rings. The summed E-state index contributed by atoms with van der Waals surface area (Å²) in [6.07, 6.45) is 5.39. The average molecular weight is 618 g/mol. The fourth-order valence-electron chi connectivity index (χ4n) is 4.72. The van der Waals surface area contributed by atoms with Crippen molar-refractivity contribution in [2.24, 2.45) is 0 Å². The number of alkyl carbamates (subject to hydrolysis) is 1. The molecule has 0 bridgehead atoms. The summed E-state index contributed by atoms with van der Waals surface area (Å²) in [5, 5.41) is 6.27. The SMILES string of the molecule is CCCCCCN(C(=O)C(CCSC)NC(=O)OC(C)(C)C)C(C(=O)Nc1c(C)cccc1Cl)c1cccc(C)c1C.